The molecule has 1 aliphatic rings. The molecule has 0 heterocycles. The highest BCUT2D eigenvalue weighted by Gasteiger charge is 2.27. The van der Waals surface area contributed by atoms with E-state index in [4.69, 9.17) is 4.74 Å². The van der Waals surface area contributed by atoms with Crippen LogP contribution < -0.4 is 10.1 Å². The minimum Gasteiger partial charge on any atom is -0.491 e. The van der Waals surface area contributed by atoms with Gasteiger partial charge in [-0.3, -0.25) is 0 Å². The molecular formula is C17H25FN2O3. The quantitative estimate of drug-likeness (QED) is 0.845. The Hall–Kier alpha value is -1.82. The molecule has 2 amide bonds. The normalized spacial score (nSPS) is 21.7. The molecule has 0 bridgehead atoms. The van der Waals surface area contributed by atoms with Gasteiger partial charge in [-0.15, -0.1) is 0 Å². The summed E-state index contributed by atoms with van der Waals surface area (Å²) < 4.78 is 18.5. The number of ether oxygens (including phenoxy) is 1. The number of carbonyl (C=O) groups excluding carboxylic acids is 1. The van der Waals surface area contributed by atoms with Gasteiger partial charge in [0.2, 0.25) is 0 Å². The molecule has 1 saturated carbocycles. The first-order valence-electron chi connectivity index (χ1n) is 8.03. The summed E-state index contributed by atoms with van der Waals surface area (Å²) in [6.45, 7) is 2.63. The molecule has 2 N–H and O–H groups in total. The van der Waals surface area contributed by atoms with Gasteiger partial charge in [-0.05, 0) is 31.9 Å². The third kappa shape index (κ3) is 5.39. The fourth-order valence-electron chi connectivity index (χ4n) is 2.81. The van der Waals surface area contributed by atoms with Crippen LogP contribution in [0.25, 0.3) is 0 Å². The smallest absolute Gasteiger partial charge is 0.317 e. The van der Waals surface area contributed by atoms with E-state index in [0.717, 1.165) is 19.3 Å². The van der Waals surface area contributed by atoms with Crippen LogP contribution in [0, 0.1) is 11.7 Å². The Morgan fingerprint density at radius 2 is 2.30 bits per heavy atom. The van der Waals surface area contributed by atoms with Gasteiger partial charge in [-0.2, -0.15) is 0 Å². The number of carbonyl (C=O) groups is 1. The van der Waals surface area contributed by atoms with Crippen LogP contribution in [-0.4, -0.2) is 48.4 Å². The number of benzene rings is 1. The van der Waals surface area contributed by atoms with Gasteiger partial charge >= 0.3 is 6.03 Å². The minimum atomic E-state index is -0.353. The molecule has 1 aromatic carbocycles. The Labute approximate surface area is 136 Å². The fraction of sp³-hybridized carbons (Fsp3) is 0.588. The summed E-state index contributed by atoms with van der Waals surface area (Å²) >= 11 is 0. The van der Waals surface area contributed by atoms with Gasteiger partial charge in [0.1, 0.15) is 18.2 Å². The molecule has 23 heavy (non-hydrogen) atoms. The number of nitrogens with one attached hydrogen (secondary N) is 1. The minimum absolute atomic E-state index is 0.157. The average molecular weight is 324 g/mol. The molecule has 0 aromatic heterocycles. The van der Waals surface area contributed by atoms with Crippen LogP contribution in [0.1, 0.15) is 26.2 Å². The standard InChI is InChI=1S/C17H25FN2O3/c1-12(11-23-15-7-4-6-14(18)9-15)19-17(22)20(2)10-13-5-3-8-16(13)21/h4,6-7,9,12-13,16,21H,3,5,8,10-11H2,1-2H3,(H,19,22)/t12-,13+,16-/m1/s1. The van der Waals surface area contributed by atoms with Gasteiger partial charge < -0.3 is 20.1 Å². The van der Waals surface area contributed by atoms with E-state index >= 15 is 0 Å². The van der Waals surface area contributed by atoms with Gasteiger partial charge in [-0.1, -0.05) is 12.5 Å². The molecule has 6 heteroatoms. The van der Waals surface area contributed by atoms with Gasteiger partial charge in [0, 0.05) is 25.6 Å². The molecule has 128 valence electrons. The van der Waals surface area contributed by atoms with Crippen LogP contribution in [-0.2, 0) is 0 Å². The summed E-state index contributed by atoms with van der Waals surface area (Å²) in [5.41, 5.74) is 0. The number of hydrogen-bond donors (Lipinski definition) is 2. The molecule has 0 radical (unpaired) electrons. The Kier molecular flexibility index (Phi) is 6.21. The van der Waals surface area contributed by atoms with Crippen LogP contribution >= 0.6 is 0 Å². The topological polar surface area (TPSA) is 61.8 Å². The van der Waals surface area contributed by atoms with Gasteiger partial charge in [0.05, 0.1) is 12.1 Å². The maximum absolute atomic E-state index is 13.1. The first kappa shape index (κ1) is 17.5. The highest BCUT2D eigenvalue weighted by molar-refractivity contribution is 5.74. The van der Waals surface area contributed by atoms with Gasteiger partial charge in [0.25, 0.3) is 0 Å². The predicted octanol–water partition coefficient (Wildman–Crippen LogP) is 2.40. The van der Waals surface area contributed by atoms with E-state index in [0.29, 0.717) is 12.3 Å². The summed E-state index contributed by atoms with van der Waals surface area (Å²) in [5, 5.41) is 12.7. The van der Waals surface area contributed by atoms with Crippen molar-refractivity contribution in [2.75, 3.05) is 20.2 Å². The number of halogens is 1. The second-order valence-corrected chi connectivity index (χ2v) is 6.26. The highest BCUT2D eigenvalue weighted by Crippen LogP contribution is 2.25. The number of rotatable bonds is 6. The molecule has 1 fully saturated rings. The van der Waals surface area contributed by atoms with Crippen molar-refractivity contribution in [2.45, 2.75) is 38.3 Å². The molecule has 0 saturated heterocycles. The number of nitrogens with zero attached hydrogens (tertiary/aromatic N) is 1. The van der Waals surface area contributed by atoms with E-state index in [9.17, 15) is 14.3 Å². The van der Waals surface area contributed by atoms with Crippen molar-refractivity contribution in [1.29, 1.82) is 0 Å². The van der Waals surface area contributed by atoms with Crippen LogP contribution in [0.5, 0.6) is 5.75 Å². The van der Waals surface area contributed by atoms with Crippen molar-refractivity contribution >= 4 is 6.03 Å². The third-order valence-electron chi connectivity index (χ3n) is 4.14. The lowest BCUT2D eigenvalue weighted by atomic mass is 10.1. The van der Waals surface area contributed by atoms with Crippen molar-refractivity contribution < 1.29 is 19.0 Å². The van der Waals surface area contributed by atoms with Crippen molar-refractivity contribution in [2.24, 2.45) is 5.92 Å². The number of aliphatic hydroxyl groups is 1. The first-order valence-corrected chi connectivity index (χ1v) is 8.03. The molecule has 0 unspecified atom stereocenters. The Bertz CT molecular complexity index is 526. The predicted molar refractivity (Wildman–Crippen MR) is 85.9 cm³/mol. The van der Waals surface area contributed by atoms with Gasteiger partial charge in [-0.25, -0.2) is 9.18 Å². The van der Waals surface area contributed by atoms with Gasteiger partial charge in [0.15, 0.2) is 0 Å². The van der Waals surface area contributed by atoms with Crippen molar-refractivity contribution in [3.63, 3.8) is 0 Å². The van der Waals surface area contributed by atoms with E-state index in [1.807, 2.05) is 6.92 Å². The molecule has 5 nitrogen and oxygen atoms in total. The lowest BCUT2D eigenvalue weighted by molar-refractivity contribution is 0.113. The van der Waals surface area contributed by atoms with Crippen LogP contribution in [0.2, 0.25) is 0 Å². The maximum atomic E-state index is 13.1. The number of urea groups is 1. The first-order chi connectivity index (χ1) is 11.0. The maximum Gasteiger partial charge on any atom is 0.317 e. The van der Waals surface area contributed by atoms with Crippen LogP contribution in [0.15, 0.2) is 24.3 Å². The summed E-state index contributed by atoms with van der Waals surface area (Å²) in [6, 6.07) is 5.51. The molecule has 2 rings (SSSR count). The lowest BCUT2D eigenvalue weighted by Gasteiger charge is -2.25. The Morgan fingerprint density at radius 1 is 1.52 bits per heavy atom. The summed E-state index contributed by atoms with van der Waals surface area (Å²) in [4.78, 5) is 13.7. The average Bonchev–Trinajstić information content (AvgIpc) is 2.90. The van der Waals surface area contributed by atoms with E-state index < -0.39 is 0 Å². The largest absolute Gasteiger partial charge is 0.491 e. The van der Waals surface area contributed by atoms with Crippen molar-refractivity contribution in [3.05, 3.63) is 30.1 Å². The number of aliphatic hydroxyl groups excluding tert-OH is 1. The van der Waals surface area contributed by atoms with Crippen molar-refractivity contribution in [3.8, 4) is 5.75 Å². The number of hydrogen-bond acceptors (Lipinski definition) is 3. The zero-order chi connectivity index (χ0) is 16.8. The van der Waals surface area contributed by atoms with Crippen LogP contribution in [0.3, 0.4) is 0 Å². The summed E-state index contributed by atoms with van der Waals surface area (Å²) in [5.74, 6) is 0.243. The molecular weight excluding hydrogens is 299 g/mol. The Morgan fingerprint density at radius 3 is 2.96 bits per heavy atom. The third-order valence-corrected chi connectivity index (χ3v) is 4.14. The van der Waals surface area contributed by atoms with E-state index in [1.165, 1.54) is 12.1 Å². The van der Waals surface area contributed by atoms with E-state index in [2.05, 4.69) is 5.32 Å². The fourth-order valence-corrected chi connectivity index (χ4v) is 2.81. The SMILES string of the molecule is C[C@H](COc1cccc(F)c1)NC(=O)N(C)C[C@@H]1CCC[C@H]1O. The second-order valence-electron chi connectivity index (χ2n) is 6.26. The molecule has 1 aromatic rings. The zero-order valence-electron chi connectivity index (χ0n) is 13.7. The molecule has 1 aliphatic carbocycles. The van der Waals surface area contributed by atoms with Crippen LogP contribution in [0.4, 0.5) is 9.18 Å². The summed E-state index contributed by atoms with van der Waals surface area (Å²) in [6.07, 6.45) is 2.48. The zero-order valence-corrected chi connectivity index (χ0v) is 13.7. The molecule has 0 aliphatic heterocycles. The monoisotopic (exact) mass is 324 g/mol. The van der Waals surface area contributed by atoms with Crippen molar-refractivity contribution in [1.82, 2.24) is 10.2 Å². The van der Waals surface area contributed by atoms with E-state index in [-0.39, 0.29) is 36.5 Å². The summed E-state index contributed by atoms with van der Waals surface area (Å²) in [7, 11) is 1.72. The second kappa shape index (κ2) is 8.15. The molecule has 0 spiro atoms. The highest BCUT2D eigenvalue weighted by atomic mass is 19.1. The molecule has 3 atom stereocenters. The Balaban J connectivity index is 1.73. The lowest BCUT2D eigenvalue weighted by Crippen LogP contribution is -2.46. The number of amides is 2. The van der Waals surface area contributed by atoms with E-state index in [1.54, 1.807) is 24.1 Å².